The molecule has 1 amide bonds. The number of hydroxylamine groups is 1. The quantitative estimate of drug-likeness (QED) is 0.390. The second-order valence-electron chi connectivity index (χ2n) is 6.77. The minimum Gasteiger partial charge on any atom is -0.497 e. The summed E-state index contributed by atoms with van der Waals surface area (Å²) in [6, 6.07) is 17.1. The summed E-state index contributed by atoms with van der Waals surface area (Å²) < 4.78 is 33.4. The van der Waals surface area contributed by atoms with Gasteiger partial charge in [0.15, 0.2) is 0 Å². The highest BCUT2D eigenvalue weighted by molar-refractivity contribution is 7.89. The number of carbonyl (C=O) groups excluding carboxylic acids is 1. The molecule has 2 N–H and O–H groups in total. The van der Waals surface area contributed by atoms with Gasteiger partial charge in [0.1, 0.15) is 11.8 Å². The first-order valence-corrected chi connectivity index (χ1v) is 10.9. The van der Waals surface area contributed by atoms with Gasteiger partial charge in [-0.2, -0.15) is 4.31 Å². The molecule has 31 heavy (non-hydrogen) atoms. The Balaban J connectivity index is 2.06. The predicted octanol–water partition coefficient (Wildman–Crippen LogP) is 2.40. The van der Waals surface area contributed by atoms with E-state index in [-0.39, 0.29) is 17.9 Å². The molecule has 0 fully saturated rings. The first-order chi connectivity index (χ1) is 15.0. The molecule has 1 heterocycles. The van der Waals surface area contributed by atoms with Gasteiger partial charge in [0.25, 0.3) is 5.91 Å². The number of ether oxygens (including phenoxy) is 1. The maximum absolute atomic E-state index is 13.6. The molecule has 3 rings (SSSR count). The van der Waals surface area contributed by atoms with E-state index in [1.54, 1.807) is 48.1 Å². The van der Waals surface area contributed by atoms with Gasteiger partial charge in [0, 0.05) is 18.9 Å². The molecule has 0 aliphatic carbocycles. The van der Waals surface area contributed by atoms with E-state index in [1.807, 2.05) is 6.07 Å². The highest BCUT2D eigenvalue weighted by atomic mass is 32.2. The van der Waals surface area contributed by atoms with Crippen molar-refractivity contribution in [1.29, 1.82) is 0 Å². The summed E-state index contributed by atoms with van der Waals surface area (Å²) in [5.41, 5.74) is 2.96. The Hall–Kier alpha value is -3.27. The average Bonchev–Trinajstić information content (AvgIpc) is 2.82. The van der Waals surface area contributed by atoms with Crippen LogP contribution in [0.5, 0.6) is 5.75 Å². The van der Waals surface area contributed by atoms with E-state index in [4.69, 9.17) is 4.74 Å². The van der Waals surface area contributed by atoms with Gasteiger partial charge in [0.05, 0.1) is 12.0 Å². The molecular formula is C22H23N3O5S. The zero-order valence-corrected chi connectivity index (χ0v) is 17.7. The Kier molecular flexibility index (Phi) is 7.35. The molecule has 0 bridgehead atoms. The minimum atomic E-state index is -4.12. The lowest BCUT2D eigenvalue weighted by Gasteiger charge is -2.29. The lowest BCUT2D eigenvalue weighted by Crippen LogP contribution is -2.49. The van der Waals surface area contributed by atoms with E-state index in [9.17, 15) is 18.4 Å². The van der Waals surface area contributed by atoms with Crippen LogP contribution >= 0.6 is 0 Å². The fraction of sp³-hybridized carbons (Fsp3) is 0.182. The Morgan fingerprint density at radius 3 is 2.32 bits per heavy atom. The van der Waals surface area contributed by atoms with Gasteiger partial charge in [-0.1, -0.05) is 36.4 Å². The standard InChI is InChI=1S/C22H23N3O5S/c1-30-19-9-11-20(12-10-19)31(28,29)25(16-18-8-5-13-23-15-18)21(22(26)24-27)14-17-6-3-2-4-7-17/h2-13,15,21,27H,14,16H2,1H3,(H,24,26)/t21-/m1/s1. The fourth-order valence-corrected chi connectivity index (χ4v) is 4.73. The van der Waals surface area contributed by atoms with Gasteiger partial charge in [-0.25, -0.2) is 13.9 Å². The average molecular weight is 442 g/mol. The van der Waals surface area contributed by atoms with Crippen molar-refractivity contribution in [3.8, 4) is 5.75 Å². The van der Waals surface area contributed by atoms with E-state index in [1.165, 1.54) is 37.6 Å². The lowest BCUT2D eigenvalue weighted by atomic mass is 10.1. The number of aromatic nitrogens is 1. The summed E-state index contributed by atoms with van der Waals surface area (Å²) in [6.45, 7) is -0.104. The van der Waals surface area contributed by atoms with Gasteiger partial charge in [-0.3, -0.25) is 15.0 Å². The normalized spacial score (nSPS) is 12.4. The van der Waals surface area contributed by atoms with E-state index >= 15 is 0 Å². The van der Waals surface area contributed by atoms with Crippen LogP contribution in [-0.2, 0) is 27.8 Å². The molecule has 2 aromatic carbocycles. The highest BCUT2D eigenvalue weighted by Crippen LogP contribution is 2.25. The second-order valence-corrected chi connectivity index (χ2v) is 8.66. The lowest BCUT2D eigenvalue weighted by molar-refractivity contribution is -0.133. The van der Waals surface area contributed by atoms with Crippen molar-refractivity contribution >= 4 is 15.9 Å². The van der Waals surface area contributed by atoms with Crippen molar-refractivity contribution in [2.75, 3.05) is 7.11 Å². The first kappa shape index (κ1) is 22.4. The van der Waals surface area contributed by atoms with Gasteiger partial charge in [0.2, 0.25) is 10.0 Å². The number of sulfonamides is 1. The van der Waals surface area contributed by atoms with Crippen LogP contribution in [0.4, 0.5) is 0 Å². The Labute approximate surface area is 181 Å². The molecule has 162 valence electrons. The van der Waals surface area contributed by atoms with Gasteiger partial charge < -0.3 is 4.74 Å². The maximum Gasteiger partial charge on any atom is 0.262 e. The van der Waals surface area contributed by atoms with Crippen molar-refractivity contribution < 1.29 is 23.2 Å². The summed E-state index contributed by atoms with van der Waals surface area (Å²) >= 11 is 0. The Morgan fingerprint density at radius 2 is 1.74 bits per heavy atom. The molecule has 0 aliphatic rings. The number of rotatable bonds is 9. The van der Waals surface area contributed by atoms with Crippen molar-refractivity contribution in [3.63, 3.8) is 0 Å². The Morgan fingerprint density at radius 1 is 1.06 bits per heavy atom. The van der Waals surface area contributed by atoms with Crippen LogP contribution in [0.25, 0.3) is 0 Å². The number of benzene rings is 2. The summed E-state index contributed by atoms with van der Waals surface area (Å²) in [4.78, 5) is 16.7. The predicted molar refractivity (Wildman–Crippen MR) is 114 cm³/mol. The Bertz CT molecular complexity index is 1090. The molecule has 1 atom stereocenters. The zero-order valence-electron chi connectivity index (χ0n) is 16.9. The minimum absolute atomic E-state index is 0.000918. The number of amides is 1. The van der Waals surface area contributed by atoms with Gasteiger partial charge >= 0.3 is 0 Å². The molecule has 8 nitrogen and oxygen atoms in total. The molecule has 0 saturated heterocycles. The third-order valence-corrected chi connectivity index (χ3v) is 6.63. The van der Waals surface area contributed by atoms with Crippen LogP contribution in [0.15, 0.2) is 84.0 Å². The molecule has 0 unspecified atom stereocenters. The number of pyridine rings is 1. The highest BCUT2D eigenvalue weighted by Gasteiger charge is 2.36. The van der Waals surface area contributed by atoms with Crippen LogP contribution in [0.2, 0.25) is 0 Å². The van der Waals surface area contributed by atoms with Crippen molar-refractivity contribution in [3.05, 3.63) is 90.3 Å². The zero-order chi connectivity index (χ0) is 22.3. The summed E-state index contributed by atoms with van der Waals surface area (Å²) in [5.74, 6) is -0.323. The van der Waals surface area contributed by atoms with Crippen molar-refractivity contribution in [2.24, 2.45) is 0 Å². The topological polar surface area (TPSA) is 109 Å². The number of hydrogen-bond donors (Lipinski definition) is 2. The first-order valence-electron chi connectivity index (χ1n) is 9.48. The number of nitrogens with one attached hydrogen (secondary N) is 1. The number of hydrogen-bond acceptors (Lipinski definition) is 6. The van der Waals surface area contributed by atoms with Crippen LogP contribution < -0.4 is 10.2 Å². The molecule has 3 aromatic rings. The third kappa shape index (κ3) is 5.46. The van der Waals surface area contributed by atoms with Gasteiger partial charge in [-0.15, -0.1) is 0 Å². The van der Waals surface area contributed by atoms with Crippen molar-refractivity contribution in [1.82, 2.24) is 14.8 Å². The number of carbonyl (C=O) groups is 1. The molecule has 0 spiro atoms. The van der Waals surface area contributed by atoms with Crippen molar-refractivity contribution in [2.45, 2.75) is 23.9 Å². The smallest absolute Gasteiger partial charge is 0.262 e. The summed E-state index contributed by atoms with van der Waals surface area (Å²) in [6.07, 6.45) is 3.18. The molecule has 1 aromatic heterocycles. The van der Waals surface area contributed by atoms with Crippen LogP contribution in [-0.4, -0.2) is 42.0 Å². The van der Waals surface area contributed by atoms with E-state index in [0.717, 1.165) is 9.87 Å². The summed E-state index contributed by atoms with van der Waals surface area (Å²) in [5, 5.41) is 9.35. The monoisotopic (exact) mass is 441 g/mol. The molecule has 0 aliphatic heterocycles. The number of nitrogens with zero attached hydrogens (tertiary/aromatic N) is 2. The SMILES string of the molecule is COc1ccc(S(=O)(=O)N(Cc2cccnc2)[C@H](Cc2ccccc2)C(=O)NO)cc1. The van der Waals surface area contributed by atoms with E-state index in [2.05, 4.69) is 4.98 Å². The van der Waals surface area contributed by atoms with E-state index in [0.29, 0.717) is 11.3 Å². The second kappa shape index (κ2) is 10.2. The summed E-state index contributed by atoms with van der Waals surface area (Å²) in [7, 11) is -2.63. The molecule has 0 radical (unpaired) electrons. The van der Waals surface area contributed by atoms with Crippen LogP contribution in [0.3, 0.4) is 0 Å². The maximum atomic E-state index is 13.6. The number of methoxy groups -OCH3 is 1. The molecular weight excluding hydrogens is 418 g/mol. The van der Waals surface area contributed by atoms with E-state index < -0.39 is 22.0 Å². The van der Waals surface area contributed by atoms with Gasteiger partial charge in [-0.05, 0) is 47.9 Å². The van der Waals surface area contributed by atoms with Crippen LogP contribution in [0, 0.1) is 0 Å². The molecule has 9 heteroatoms. The molecule has 0 saturated carbocycles. The van der Waals surface area contributed by atoms with Crippen LogP contribution in [0.1, 0.15) is 11.1 Å². The third-order valence-electron chi connectivity index (χ3n) is 4.76. The largest absolute Gasteiger partial charge is 0.497 e. The fourth-order valence-electron chi connectivity index (χ4n) is 3.15.